The number of halogens is 1. The number of benzene rings is 4. The van der Waals surface area contributed by atoms with Gasteiger partial charge in [0.25, 0.3) is 0 Å². The van der Waals surface area contributed by atoms with Gasteiger partial charge in [-0.05, 0) is 71.4 Å². The predicted molar refractivity (Wildman–Crippen MR) is 142 cm³/mol. The fourth-order valence-electron chi connectivity index (χ4n) is 3.87. The fourth-order valence-corrected chi connectivity index (χ4v) is 4.73. The van der Waals surface area contributed by atoms with Crippen LogP contribution in [0.15, 0.2) is 106 Å². The highest BCUT2D eigenvalue weighted by Crippen LogP contribution is 2.31. The largest absolute Gasteiger partial charge is 0.457 e. The van der Waals surface area contributed by atoms with Crippen molar-refractivity contribution >= 4 is 55.5 Å². The minimum absolute atomic E-state index is 0.409. The zero-order chi connectivity index (χ0) is 23.8. The molecule has 0 unspecified atom stereocenters. The van der Waals surface area contributed by atoms with Gasteiger partial charge in [0.05, 0.1) is 11.3 Å². The Morgan fingerprint density at radius 2 is 1.60 bits per heavy atom. The second-order valence-corrected chi connectivity index (χ2v) is 9.18. The van der Waals surface area contributed by atoms with Crippen LogP contribution in [0.3, 0.4) is 0 Å². The van der Waals surface area contributed by atoms with E-state index in [0.29, 0.717) is 38.5 Å². The Balaban J connectivity index is 1.24. The molecule has 170 valence electrons. The quantitative estimate of drug-likeness (QED) is 0.192. The summed E-state index contributed by atoms with van der Waals surface area (Å²) in [5, 5.41) is 9.47. The molecular weight excluding hydrogens is 480 g/mol. The van der Waals surface area contributed by atoms with Crippen molar-refractivity contribution in [1.82, 2.24) is 4.98 Å². The molecule has 0 radical (unpaired) electrons. The van der Waals surface area contributed by atoms with E-state index in [4.69, 9.17) is 20.8 Å². The van der Waals surface area contributed by atoms with Crippen molar-refractivity contribution in [3.05, 3.63) is 112 Å². The predicted octanol–water partition coefficient (Wildman–Crippen LogP) is 8.26. The Morgan fingerprint density at radius 3 is 2.40 bits per heavy atom. The Morgan fingerprint density at radius 1 is 0.857 bits per heavy atom. The van der Waals surface area contributed by atoms with E-state index < -0.39 is 5.63 Å². The standard InChI is InChI=1S/C28H17ClN2O3S/c29-18-6-10-20(11-7-18)33-21-12-8-19(9-13-21)30-28-31-25(16-35-28)24-15-23-22-4-2-1-3-17(22)5-14-26(23)34-27(24)32/h1-16H,(H,30,31). The van der Waals surface area contributed by atoms with Gasteiger partial charge in [0.2, 0.25) is 0 Å². The molecule has 0 aliphatic rings. The van der Waals surface area contributed by atoms with Crippen LogP contribution in [0.25, 0.3) is 33.0 Å². The van der Waals surface area contributed by atoms with Gasteiger partial charge in [0, 0.05) is 21.5 Å². The second kappa shape index (κ2) is 8.91. The van der Waals surface area contributed by atoms with Crippen molar-refractivity contribution < 1.29 is 9.15 Å². The van der Waals surface area contributed by atoms with Crippen LogP contribution in [0.2, 0.25) is 5.02 Å². The first kappa shape index (κ1) is 21.4. The van der Waals surface area contributed by atoms with E-state index in [1.165, 1.54) is 11.3 Å². The first-order chi connectivity index (χ1) is 17.1. The van der Waals surface area contributed by atoms with Crippen molar-refractivity contribution in [2.45, 2.75) is 0 Å². The lowest BCUT2D eigenvalue weighted by molar-refractivity contribution is 0.483. The van der Waals surface area contributed by atoms with E-state index in [0.717, 1.165) is 21.8 Å². The van der Waals surface area contributed by atoms with Gasteiger partial charge >= 0.3 is 5.63 Å². The van der Waals surface area contributed by atoms with Crippen LogP contribution < -0.4 is 15.7 Å². The van der Waals surface area contributed by atoms with E-state index in [1.54, 1.807) is 12.1 Å². The molecule has 0 aliphatic carbocycles. The normalized spacial score (nSPS) is 11.1. The maximum absolute atomic E-state index is 12.7. The highest BCUT2D eigenvalue weighted by atomic mass is 35.5. The summed E-state index contributed by atoms with van der Waals surface area (Å²) in [6.45, 7) is 0. The summed E-state index contributed by atoms with van der Waals surface area (Å²) >= 11 is 7.34. The monoisotopic (exact) mass is 496 g/mol. The Hall–Kier alpha value is -4.13. The van der Waals surface area contributed by atoms with Crippen LogP contribution in [-0.4, -0.2) is 4.98 Å². The average Bonchev–Trinajstić information content (AvgIpc) is 3.34. The molecule has 35 heavy (non-hydrogen) atoms. The SMILES string of the molecule is O=c1oc2ccc3ccccc3c2cc1-c1csc(Nc2ccc(Oc3ccc(Cl)cc3)cc2)n1. The zero-order valence-corrected chi connectivity index (χ0v) is 19.8. The molecule has 0 saturated carbocycles. The van der Waals surface area contributed by atoms with Crippen LogP contribution >= 0.6 is 22.9 Å². The molecule has 0 amide bonds. The third-order valence-corrected chi connectivity index (χ3v) is 6.59. The van der Waals surface area contributed by atoms with E-state index in [-0.39, 0.29) is 0 Å². The van der Waals surface area contributed by atoms with Crippen LogP contribution in [0.4, 0.5) is 10.8 Å². The van der Waals surface area contributed by atoms with Crippen LogP contribution in [0.1, 0.15) is 0 Å². The maximum Gasteiger partial charge on any atom is 0.345 e. The number of thiazole rings is 1. The number of rotatable bonds is 5. The average molecular weight is 497 g/mol. The maximum atomic E-state index is 12.7. The van der Waals surface area contributed by atoms with Crippen molar-refractivity contribution in [2.24, 2.45) is 0 Å². The van der Waals surface area contributed by atoms with Crippen LogP contribution in [0, 0.1) is 0 Å². The first-order valence-corrected chi connectivity index (χ1v) is 12.1. The van der Waals surface area contributed by atoms with Crippen molar-refractivity contribution in [3.63, 3.8) is 0 Å². The number of hydrogen-bond acceptors (Lipinski definition) is 6. The lowest BCUT2D eigenvalue weighted by atomic mass is 10.0. The molecule has 6 aromatic rings. The van der Waals surface area contributed by atoms with E-state index in [1.807, 2.05) is 84.2 Å². The molecule has 0 saturated heterocycles. The smallest absolute Gasteiger partial charge is 0.345 e. The number of ether oxygens (including phenoxy) is 1. The number of hydrogen-bond donors (Lipinski definition) is 1. The number of nitrogens with one attached hydrogen (secondary N) is 1. The molecule has 0 fully saturated rings. The number of aromatic nitrogens is 1. The van der Waals surface area contributed by atoms with Crippen molar-refractivity contribution in [3.8, 4) is 22.8 Å². The van der Waals surface area contributed by atoms with E-state index >= 15 is 0 Å². The summed E-state index contributed by atoms with van der Waals surface area (Å²) in [6, 6.07) is 28.4. The zero-order valence-electron chi connectivity index (χ0n) is 18.2. The third kappa shape index (κ3) is 4.37. The van der Waals surface area contributed by atoms with E-state index in [2.05, 4.69) is 10.3 Å². The van der Waals surface area contributed by atoms with Gasteiger partial charge in [-0.1, -0.05) is 41.9 Å². The molecule has 2 heterocycles. The fraction of sp³-hybridized carbons (Fsp3) is 0. The molecular formula is C28H17ClN2O3S. The number of anilines is 2. The molecule has 2 aromatic heterocycles. The number of fused-ring (bicyclic) bond motifs is 3. The molecule has 4 aromatic carbocycles. The lowest BCUT2D eigenvalue weighted by Gasteiger charge is -2.07. The summed E-state index contributed by atoms with van der Waals surface area (Å²) in [6.07, 6.45) is 0. The number of nitrogens with zero attached hydrogens (tertiary/aromatic N) is 1. The van der Waals surface area contributed by atoms with Gasteiger partial charge < -0.3 is 14.5 Å². The molecule has 0 aliphatic heterocycles. The van der Waals surface area contributed by atoms with Gasteiger partial charge in [-0.25, -0.2) is 9.78 Å². The van der Waals surface area contributed by atoms with Crippen LogP contribution in [-0.2, 0) is 0 Å². The topological polar surface area (TPSA) is 64.4 Å². The van der Waals surface area contributed by atoms with Crippen LogP contribution in [0.5, 0.6) is 11.5 Å². The summed E-state index contributed by atoms with van der Waals surface area (Å²) in [7, 11) is 0. The van der Waals surface area contributed by atoms with E-state index in [9.17, 15) is 4.79 Å². The molecule has 0 spiro atoms. The third-order valence-electron chi connectivity index (χ3n) is 5.58. The van der Waals surface area contributed by atoms with Crippen molar-refractivity contribution in [1.29, 1.82) is 0 Å². The van der Waals surface area contributed by atoms with Gasteiger partial charge in [0.1, 0.15) is 17.1 Å². The Bertz CT molecular complexity index is 1720. The van der Waals surface area contributed by atoms with Crippen molar-refractivity contribution in [2.75, 3.05) is 5.32 Å². The first-order valence-electron chi connectivity index (χ1n) is 10.8. The lowest BCUT2D eigenvalue weighted by Crippen LogP contribution is -2.03. The Labute approximate surface area is 209 Å². The summed E-state index contributed by atoms with van der Waals surface area (Å²) in [5.41, 5.74) is 2.01. The Kier molecular flexibility index (Phi) is 5.45. The summed E-state index contributed by atoms with van der Waals surface area (Å²) < 4.78 is 11.5. The summed E-state index contributed by atoms with van der Waals surface area (Å²) in [4.78, 5) is 17.3. The highest BCUT2D eigenvalue weighted by molar-refractivity contribution is 7.14. The molecule has 0 atom stereocenters. The molecule has 7 heteroatoms. The minimum atomic E-state index is -0.409. The van der Waals surface area contributed by atoms with Gasteiger partial charge in [0.15, 0.2) is 5.13 Å². The highest BCUT2D eigenvalue weighted by Gasteiger charge is 2.13. The van der Waals surface area contributed by atoms with Gasteiger partial charge in [-0.15, -0.1) is 11.3 Å². The summed E-state index contributed by atoms with van der Waals surface area (Å²) in [5.74, 6) is 1.42. The molecule has 5 nitrogen and oxygen atoms in total. The second-order valence-electron chi connectivity index (χ2n) is 7.89. The van der Waals surface area contributed by atoms with Gasteiger partial charge in [-0.2, -0.15) is 0 Å². The molecule has 0 bridgehead atoms. The minimum Gasteiger partial charge on any atom is -0.457 e. The molecule has 1 N–H and O–H groups in total. The van der Waals surface area contributed by atoms with Gasteiger partial charge in [-0.3, -0.25) is 0 Å². The molecule has 6 rings (SSSR count).